The second-order valence-corrected chi connectivity index (χ2v) is 9.81. The molecule has 0 aliphatic carbocycles. The van der Waals surface area contributed by atoms with Crippen LogP contribution in [0.2, 0.25) is 5.02 Å². The zero-order valence-electron chi connectivity index (χ0n) is 21.0. The Kier molecular flexibility index (Phi) is 6.18. The van der Waals surface area contributed by atoms with E-state index in [0.29, 0.717) is 35.8 Å². The largest absolute Gasteiger partial charge is 0.482 e. The number of aromatic nitrogens is 6. The normalized spacial score (nSPS) is 15.7. The lowest BCUT2D eigenvalue weighted by Crippen LogP contribution is -2.42. The van der Waals surface area contributed by atoms with Crippen molar-refractivity contribution in [1.82, 2.24) is 34.3 Å². The van der Waals surface area contributed by atoms with Crippen LogP contribution in [0.25, 0.3) is 16.8 Å². The molecular weight excluding hydrogens is 500 g/mol. The van der Waals surface area contributed by atoms with Gasteiger partial charge in [-0.3, -0.25) is 19.5 Å². The van der Waals surface area contributed by atoms with Gasteiger partial charge in [-0.1, -0.05) is 23.7 Å². The minimum atomic E-state index is -0.297. The van der Waals surface area contributed by atoms with Gasteiger partial charge in [0.2, 0.25) is 0 Å². The van der Waals surface area contributed by atoms with Gasteiger partial charge in [0.15, 0.2) is 6.19 Å². The van der Waals surface area contributed by atoms with Crippen LogP contribution in [0.5, 0.6) is 5.75 Å². The van der Waals surface area contributed by atoms with Crippen LogP contribution in [0.1, 0.15) is 35.7 Å². The average molecular weight is 525 g/mol. The number of hydrogen-bond acceptors (Lipinski definition) is 7. The number of fused-ring (bicyclic) bond motifs is 2. The van der Waals surface area contributed by atoms with Gasteiger partial charge in [0.1, 0.15) is 17.4 Å². The van der Waals surface area contributed by atoms with E-state index in [9.17, 15) is 5.26 Å². The highest BCUT2D eigenvalue weighted by molar-refractivity contribution is 6.34. The number of pyridine rings is 3. The summed E-state index contributed by atoms with van der Waals surface area (Å²) in [6.07, 6.45) is 9.79. The number of ether oxygens (including phenoxy) is 1. The molecule has 1 unspecified atom stereocenters. The van der Waals surface area contributed by atoms with E-state index in [1.54, 1.807) is 23.1 Å². The van der Waals surface area contributed by atoms with Crippen LogP contribution in [-0.2, 0) is 19.5 Å². The molecule has 6 heterocycles. The Labute approximate surface area is 224 Å². The summed E-state index contributed by atoms with van der Waals surface area (Å²) in [5.74, 6) is 0.597. The SMILES string of the molecule is Cc1c(-c2cc(O[C@H](C)c3ccccn3)c3c(Cl)cnn3c2)nn2c1CN(C#N)C(Cc1ccccn1)C2. The molecule has 2 atom stereocenters. The molecule has 9 nitrogen and oxygen atoms in total. The Morgan fingerprint density at radius 2 is 2.00 bits per heavy atom. The quantitative estimate of drug-likeness (QED) is 0.288. The molecule has 5 aromatic heterocycles. The van der Waals surface area contributed by atoms with E-state index in [-0.39, 0.29) is 12.1 Å². The first-order valence-corrected chi connectivity index (χ1v) is 12.8. The molecule has 5 aromatic rings. The fourth-order valence-corrected chi connectivity index (χ4v) is 5.21. The molecule has 0 spiro atoms. The lowest BCUT2D eigenvalue weighted by Gasteiger charge is -2.32. The van der Waals surface area contributed by atoms with Crippen LogP contribution < -0.4 is 4.74 Å². The van der Waals surface area contributed by atoms with Crippen molar-refractivity contribution in [2.45, 2.75) is 45.5 Å². The highest BCUT2D eigenvalue weighted by Gasteiger charge is 2.30. The van der Waals surface area contributed by atoms with Crippen LogP contribution in [0, 0.1) is 18.4 Å². The van der Waals surface area contributed by atoms with Crippen molar-refractivity contribution in [2.24, 2.45) is 0 Å². The Bertz CT molecular complexity index is 1640. The molecule has 0 radical (unpaired) electrons. The van der Waals surface area contributed by atoms with Crippen LogP contribution in [0.4, 0.5) is 0 Å². The fraction of sp³-hybridized carbons (Fsp3) is 0.250. The van der Waals surface area contributed by atoms with Crippen LogP contribution in [0.15, 0.2) is 67.3 Å². The molecular formula is C28H25ClN8O. The molecule has 6 rings (SSSR count). The lowest BCUT2D eigenvalue weighted by molar-refractivity contribution is 0.202. The Balaban J connectivity index is 1.37. The highest BCUT2D eigenvalue weighted by Crippen LogP contribution is 2.36. The molecule has 1 aliphatic rings. The smallest absolute Gasteiger partial charge is 0.180 e. The summed E-state index contributed by atoms with van der Waals surface area (Å²) in [4.78, 5) is 10.7. The van der Waals surface area contributed by atoms with E-state index in [0.717, 1.165) is 33.9 Å². The topological polar surface area (TPSA) is 97.2 Å². The van der Waals surface area contributed by atoms with E-state index in [1.807, 2.05) is 72.1 Å². The minimum absolute atomic E-state index is 0.0277. The molecule has 190 valence electrons. The first-order valence-electron chi connectivity index (χ1n) is 12.4. The fourth-order valence-electron chi connectivity index (χ4n) is 4.99. The molecule has 10 heteroatoms. The highest BCUT2D eigenvalue weighted by atomic mass is 35.5. The predicted molar refractivity (Wildman–Crippen MR) is 142 cm³/mol. The van der Waals surface area contributed by atoms with E-state index < -0.39 is 0 Å². The van der Waals surface area contributed by atoms with Crippen molar-refractivity contribution in [2.75, 3.05) is 0 Å². The number of hydrogen-bond donors (Lipinski definition) is 0. The van der Waals surface area contributed by atoms with Gasteiger partial charge in [0, 0.05) is 41.8 Å². The van der Waals surface area contributed by atoms with Gasteiger partial charge in [0.25, 0.3) is 0 Å². The molecule has 0 aromatic carbocycles. The van der Waals surface area contributed by atoms with Gasteiger partial charge in [-0.25, -0.2) is 4.52 Å². The summed E-state index contributed by atoms with van der Waals surface area (Å²) < 4.78 is 10.1. The summed E-state index contributed by atoms with van der Waals surface area (Å²) in [7, 11) is 0. The maximum Gasteiger partial charge on any atom is 0.180 e. The predicted octanol–water partition coefficient (Wildman–Crippen LogP) is 5.00. The first kappa shape index (κ1) is 23.9. The molecule has 38 heavy (non-hydrogen) atoms. The average Bonchev–Trinajstić information content (AvgIpc) is 3.48. The van der Waals surface area contributed by atoms with Crippen molar-refractivity contribution in [1.29, 1.82) is 5.26 Å². The Morgan fingerprint density at radius 3 is 2.74 bits per heavy atom. The second-order valence-electron chi connectivity index (χ2n) is 9.40. The van der Waals surface area contributed by atoms with Crippen molar-refractivity contribution < 1.29 is 4.74 Å². The van der Waals surface area contributed by atoms with Crippen LogP contribution in [0.3, 0.4) is 0 Å². The first-order chi connectivity index (χ1) is 18.5. The maximum atomic E-state index is 9.89. The van der Waals surface area contributed by atoms with Gasteiger partial charge < -0.3 is 4.74 Å². The van der Waals surface area contributed by atoms with E-state index in [4.69, 9.17) is 21.4 Å². The molecule has 0 amide bonds. The van der Waals surface area contributed by atoms with Crippen molar-refractivity contribution in [3.63, 3.8) is 0 Å². The number of halogens is 1. The summed E-state index contributed by atoms with van der Waals surface area (Å²) >= 11 is 6.49. The summed E-state index contributed by atoms with van der Waals surface area (Å²) in [6.45, 7) is 5.08. The van der Waals surface area contributed by atoms with Crippen LogP contribution in [-0.4, -0.2) is 40.3 Å². The standard InChI is InChI=1S/C28H25ClN8O/c1-18-25-16-35(17-30)22(12-21-7-3-5-9-31-21)15-36(25)34-27(18)20-11-26(28-23(29)13-33-37(28)14-20)38-19(2)24-8-4-6-10-32-24/h3-11,13-14,19,22H,12,15-16H2,1-2H3/t19-,22?/m1/s1. The molecule has 0 fully saturated rings. The van der Waals surface area contributed by atoms with E-state index >= 15 is 0 Å². The third-order valence-electron chi connectivity index (χ3n) is 6.98. The lowest BCUT2D eigenvalue weighted by atomic mass is 10.0. The third kappa shape index (κ3) is 4.33. The van der Waals surface area contributed by atoms with Gasteiger partial charge in [-0.05, 0) is 44.2 Å². The number of rotatable bonds is 6. The second kappa shape index (κ2) is 9.80. The molecule has 0 bridgehead atoms. The maximum absolute atomic E-state index is 9.89. The molecule has 0 saturated heterocycles. The third-order valence-corrected chi connectivity index (χ3v) is 7.25. The Morgan fingerprint density at radius 1 is 1.18 bits per heavy atom. The van der Waals surface area contributed by atoms with Crippen molar-refractivity contribution in [3.05, 3.63) is 94.9 Å². The molecule has 0 saturated carbocycles. The molecule has 0 N–H and O–H groups in total. The van der Waals surface area contributed by atoms with E-state index in [2.05, 4.69) is 21.3 Å². The van der Waals surface area contributed by atoms with E-state index in [1.165, 1.54) is 0 Å². The van der Waals surface area contributed by atoms with Gasteiger partial charge in [-0.2, -0.15) is 15.5 Å². The molecule has 1 aliphatic heterocycles. The van der Waals surface area contributed by atoms with Crippen molar-refractivity contribution in [3.8, 4) is 23.2 Å². The van der Waals surface area contributed by atoms with Crippen molar-refractivity contribution >= 4 is 17.1 Å². The summed E-state index contributed by atoms with van der Waals surface area (Å²) in [5, 5.41) is 19.8. The number of nitriles is 1. The van der Waals surface area contributed by atoms with Gasteiger partial charge >= 0.3 is 0 Å². The number of nitrogens with zero attached hydrogens (tertiary/aromatic N) is 8. The monoisotopic (exact) mass is 524 g/mol. The van der Waals surface area contributed by atoms with Crippen LogP contribution >= 0.6 is 11.6 Å². The minimum Gasteiger partial charge on any atom is -0.482 e. The van der Waals surface area contributed by atoms with Gasteiger partial charge in [0.05, 0.1) is 47.4 Å². The zero-order valence-corrected chi connectivity index (χ0v) is 21.7. The zero-order chi connectivity index (χ0) is 26.2. The summed E-state index contributed by atoms with van der Waals surface area (Å²) in [5.41, 5.74) is 6.16. The van der Waals surface area contributed by atoms with Gasteiger partial charge in [-0.15, -0.1) is 0 Å². The summed E-state index contributed by atoms with van der Waals surface area (Å²) in [6, 6.07) is 13.5. The Hall–Kier alpha value is -4.42.